The van der Waals surface area contributed by atoms with E-state index in [4.69, 9.17) is 16.3 Å². The van der Waals surface area contributed by atoms with Gasteiger partial charge in [0.05, 0.1) is 6.54 Å². The number of piperidine rings is 1. The zero-order chi connectivity index (χ0) is 13.0. The lowest BCUT2D eigenvalue weighted by Crippen LogP contribution is -2.42. The first-order valence-corrected chi connectivity index (χ1v) is 6.21. The average molecular weight is 268 g/mol. The van der Waals surface area contributed by atoms with Crippen molar-refractivity contribution in [3.8, 4) is 5.75 Å². The minimum absolute atomic E-state index is 0.0467. The number of hydrogen-bond donors (Lipinski definition) is 0. The van der Waals surface area contributed by atoms with Crippen molar-refractivity contribution in [1.29, 1.82) is 0 Å². The smallest absolute Gasteiger partial charge is 0.260 e. The second kappa shape index (κ2) is 5.87. The predicted molar refractivity (Wildman–Crippen MR) is 67.8 cm³/mol. The van der Waals surface area contributed by atoms with Crippen LogP contribution in [0.25, 0.3) is 0 Å². The van der Waals surface area contributed by atoms with Crippen molar-refractivity contribution in [2.75, 3.05) is 19.7 Å². The van der Waals surface area contributed by atoms with Gasteiger partial charge in [0.2, 0.25) is 0 Å². The molecule has 1 fully saturated rings. The number of halogens is 1. The molecule has 0 atom stereocenters. The molecule has 1 aromatic rings. The lowest BCUT2D eigenvalue weighted by atomic mass is 10.1. The molecule has 2 rings (SSSR count). The molecule has 0 bridgehead atoms. The number of benzene rings is 1. The molecule has 0 aromatic heterocycles. The second-order valence-electron chi connectivity index (χ2n) is 4.20. The largest absolute Gasteiger partial charge is 0.484 e. The van der Waals surface area contributed by atoms with Crippen molar-refractivity contribution >= 4 is 23.3 Å². The summed E-state index contributed by atoms with van der Waals surface area (Å²) in [6.45, 7) is 0.798. The lowest BCUT2D eigenvalue weighted by molar-refractivity contribution is -0.139. The Bertz CT molecular complexity index is 444. The Labute approximate surface area is 110 Å². The van der Waals surface area contributed by atoms with E-state index in [1.807, 2.05) is 0 Å². The summed E-state index contributed by atoms with van der Waals surface area (Å²) in [5.41, 5.74) is 0. The van der Waals surface area contributed by atoms with Crippen LogP contribution in [0.4, 0.5) is 0 Å². The fourth-order valence-corrected chi connectivity index (χ4v) is 1.94. The van der Waals surface area contributed by atoms with Crippen molar-refractivity contribution in [2.24, 2.45) is 0 Å². The van der Waals surface area contributed by atoms with E-state index in [-0.39, 0.29) is 24.8 Å². The molecular weight excluding hydrogens is 254 g/mol. The number of rotatable bonds is 3. The number of likely N-dealkylation sites (tertiary alicyclic amines) is 1. The average Bonchev–Trinajstić information content (AvgIpc) is 2.38. The highest BCUT2D eigenvalue weighted by atomic mass is 35.5. The molecule has 1 aromatic carbocycles. The van der Waals surface area contributed by atoms with E-state index >= 15 is 0 Å². The van der Waals surface area contributed by atoms with E-state index in [2.05, 4.69) is 0 Å². The van der Waals surface area contributed by atoms with Gasteiger partial charge in [-0.15, -0.1) is 0 Å². The van der Waals surface area contributed by atoms with Gasteiger partial charge in [0.15, 0.2) is 12.4 Å². The fourth-order valence-electron chi connectivity index (χ4n) is 1.82. The Morgan fingerprint density at radius 2 is 2.06 bits per heavy atom. The topological polar surface area (TPSA) is 46.6 Å². The van der Waals surface area contributed by atoms with Crippen LogP contribution in [-0.4, -0.2) is 36.3 Å². The quantitative estimate of drug-likeness (QED) is 0.840. The third-order valence-electron chi connectivity index (χ3n) is 2.78. The Hall–Kier alpha value is -1.55. The van der Waals surface area contributed by atoms with Gasteiger partial charge in [0.25, 0.3) is 5.91 Å². The summed E-state index contributed by atoms with van der Waals surface area (Å²) in [4.78, 5) is 24.6. The number of Topliss-reactive ketones (excluding diaryl/α,β-unsaturated/α-hetero) is 1. The predicted octanol–water partition coefficient (Wildman–Crippen LogP) is 1.91. The molecule has 0 aliphatic carbocycles. The van der Waals surface area contributed by atoms with Crippen LogP contribution in [0.5, 0.6) is 5.75 Å². The minimum atomic E-state index is -0.155. The molecule has 0 N–H and O–H groups in total. The van der Waals surface area contributed by atoms with E-state index < -0.39 is 0 Å². The monoisotopic (exact) mass is 267 g/mol. The summed E-state index contributed by atoms with van der Waals surface area (Å²) < 4.78 is 5.35. The molecule has 5 heteroatoms. The molecule has 96 valence electrons. The number of carbonyl (C=O) groups is 2. The third kappa shape index (κ3) is 3.47. The van der Waals surface area contributed by atoms with Gasteiger partial charge in [-0.25, -0.2) is 0 Å². The van der Waals surface area contributed by atoms with Gasteiger partial charge in [-0.3, -0.25) is 9.59 Å². The van der Waals surface area contributed by atoms with Crippen molar-refractivity contribution in [1.82, 2.24) is 4.90 Å². The number of ketones is 1. The summed E-state index contributed by atoms with van der Waals surface area (Å²) in [5.74, 6) is 0.551. The number of amides is 1. The molecule has 18 heavy (non-hydrogen) atoms. The molecule has 0 spiro atoms. The summed E-state index contributed by atoms with van der Waals surface area (Å²) in [6.07, 6.45) is 1.31. The summed E-state index contributed by atoms with van der Waals surface area (Å²) in [7, 11) is 0. The molecule has 1 saturated heterocycles. The van der Waals surface area contributed by atoms with Gasteiger partial charge >= 0.3 is 0 Å². The second-order valence-corrected chi connectivity index (χ2v) is 4.64. The van der Waals surface area contributed by atoms with Crippen molar-refractivity contribution in [3.05, 3.63) is 29.3 Å². The van der Waals surface area contributed by atoms with Crippen molar-refractivity contribution < 1.29 is 14.3 Å². The van der Waals surface area contributed by atoms with Gasteiger partial charge < -0.3 is 9.64 Å². The van der Waals surface area contributed by atoms with Crippen LogP contribution in [0.2, 0.25) is 5.02 Å². The highest BCUT2D eigenvalue weighted by Crippen LogP contribution is 2.15. The van der Waals surface area contributed by atoms with E-state index in [1.165, 1.54) is 0 Å². The standard InChI is InChI=1S/C13H14ClNO3/c14-10-3-5-12(6-4-10)18-9-13(17)15-7-1-2-11(16)8-15/h3-6H,1-2,7-9H2. The highest BCUT2D eigenvalue weighted by Gasteiger charge is 2.21. The number of ether oxygens (including phenoxy) is 1. The molecule has 1 heterocycles. The minimum Gasteiger partial charge on any atom is -0.484 e. The maximum atomic E-state index is 11.8. The molecule has 1 amide bonds. The van der Waals surface area contributed by atoms with Crippen LogP contribution in [0.15, 0.2) is 24.3 Å². The molecule has 0 saturated carbocycles. The van der Waals surface area contributed by atoms with Gasteiger partial charge in [0.1, 0.15) is 5.75 Å². The zero-order valence-electron chi connectivity index (χ0n) is 9.89. The summed E-state index contributed by atoms with van der Waals surface area (Å²) in [5, 5.41) is 0.621. The number of nitrogens with zero attached hydrogens (tertiary/aromatic N) is 1. The Kier molecular flexibility index (Phi) is 4.20. The third-order valence-corrected chi connectivity index (χ3v) is 3.03. The van der Waals surface area contributed by atoms with Crippen molar-refractivity contribution in [3.63, 3.8) is 0 Å². The van der Waals surface area contributed by atoms with E-state index in [0.29, 0.717) is 23.7 Å². The molecule has 4 nitrogen and oxygen atoms in total. The van der Waals surface area contributed by atoms with Crippen LogP contribution in [0.3, 0.4) is 0 Å². The zero-order valence-corrected chi connectivity index (χ0v) is 10.7. The summed E-state index contributed by atoms with van der Waals surface area (Å²) >= 11 is 5.74. The van der Waals surface area contributed by atoms with E-state index in [0.717, 1.165) is 6.42 Å². The van der Waals surface area contributed by atoms with Crippen LogP contribution < -0.4 is 4.74 Å². The number of hydrogen-bond acceptors (Lipinski definition) is 3. The van der Waals surface area contributed by atoms with Gasteiger partial charge in [-0.2, -0.15) is 0 Å². The van der Waals surface area contributed by atoms with Crippen LogP contribution >= 0.6 is 11.6 Å². The van der Waals surface area contributed by atoms with Gasteiger partial charge in [0, 0.05) is 18.0 Å². The SMILES string of the molecule is O=C1CCCN(C(=O)COc2ccc(Cl)cc2)C1. The first-order valence-electron chi connectivity index (χ1n) is 5.83. The van der Waals surface area contributed by atoms with Gasteiger partial charge in [-0.1, -0.05) is 11.6 Å². The van der Waals surface area contributed by atoms with Crippen LogP contribution in [-0.2, 0) is 9.59 Å². The Morgan fingerprint density at radius 3 is 2.72 bits per heavy atom. The summed E-state index contributed by atoms with van der Waals surface area (Å²) in [6, 6.07) is 6.81. The lowest BCUT2D eigenvalue weighted by Gasteiger charge is -2.25. The molecule has 0 unspecified atom stereocenters. The maximum absolute atomic E-state index is 11.8. The first kappa shape index (κ1) is 12.9. The molecule has 1 aliphatic heterocycles. The Morgan fingerprint density at radius 1 is 1.33 bits per heavy atom. The normalized spacial score (nSPS) is 15.6. The van der Waals surface area contributed by atoms with Gasteiger partial charge in [-0.05, 0) is 30.7 Å². The maximum Gasteiger partial charge on any atom is 0.260 e. The molecule has 1 aliphatic rings. The fraction of sp³-hybridized carbons (Fsp3) is 0.385. The molecular formula is C13H14ClNO3. The van der Waals surface area contributed by atoms with Crippen molar-refractivity contribution in [2.45, 2.75) is 12.8 Å². The van der Waals surface area contributed by atoms with E-state index in [1.54, 1.807) is 29.2 Å². The molecule has 0 radical (unpaired) electrons. The highest BCUT2D eigenvalue weighted by molar-refractivity contribution is 6.30. The van der Waals surface area contributed by atoms with E-state index in [9.17, 15) is 9.59 Å². The van der Waals surface area contributed by atoms with Crippen LogP contribution in [0, 0.1) is 0 Å². The number of carbonyl (C=O) groups excluding carboxylic acids is 2. The van der Waals surface area contributed by atoms with Crippen LogP contribution in [0.1, 0.15) is 12.8 Å². The Balaban J connectivity index is 1.84. The first-order chi connectivity index (χ1) is 8.65.